The zero-order valence-electron chi connectivity index (χ0n) is 13.4. The van der Waals surface area contributed by atoms with Crippen molar-refractivity contribution in [2.75, 3.05) is 46.8 Å². The summed E-state index contributed by atoms with van der Waals surface area (Å²) in [6.45, 7) is 10.3. The van der Waals surface area contributed by atoms with Crippen LogP contribution in [-0.2, 0) is 0 Å². The van der Waals surface area contributed by atoms with Gasteiger partial charge in [-0.25, -0.2) is 0 Å². The summed E-state index contributed by atoms with van der Waals surface area (Å²) in [6, 6.07) is 9.54. The summed E-state index contributed by atoms with van der Waals surface area (Å²) in [5.74, 6) is 0.606. The summed E-state index contributed by atoms with van der Waals surface area (Å²) < 4.78 is 0. The van der Waals surface area contributed by atoms with E-state index >= 15 is 0 Å². The first-order valence-electron chi connectivity index (χ1n) is 7.78. The minimum Gasteiger partial charge on any atom is -0.312 e. The van der Waals surface area contributed by atoms with Crippen molar-refractivity contribution in [3.8, 4) is 0 Å². The van der Waals surface area contributed by atoms with Gasteiger partial charge in [0.2, 0.25) is 0 Å². The van der Waals surface area contributed by atoms with Crippen molar-refractivity contribution in [3.63, 3.8) is 0 Å². The van der Waals surface area contributed by atoms with Crippen LogP contribution in [0.15, 0.2) is 24.3 Å². The molecule has 1 atom stereocenters. The topological polar surface area (TPSA) is 18.5 Å². The molecule has 0 radical (unpaired) electrons. The van der Waals surface area contributed by atoms with E-state index in [0.717, 1.165) is 6.54 Å². The van der Waals surface area contributed by atoms with Crippen molar-refractivity contribution >= 4 is 0 Å². The molecule has 1 fully saturated rings. The molecular formula is C17H29N3. The monoisotopic (exact) mass is 275 g/mol. The van der Waals surface area contributed by atoms with Crippen LogP contribution >= 0.6 is 0 Å². The zero-order chi connectivity index (χ0) is 14.5. The van der Waals surface area contributed by atoms with E-state index in [1.165, 1.54) is 37.3 Å². The molecule has 1 aliphatic rings. The number of nitrogens with one attached hydrogen (secondary N) is 1. The summed E-state index contributed by atoms with van der Waals surface area (Å²) in [6.07, 6.45) is 0. The van der Waals surface area contributed by atoms with Gasteiger partial charge in [-0.05, 0) is 31.1 Å². The largest absolute Gasteiger partial charge is 0.312 e. The predicted molar refractivity (Wildman–Crippen MR) is 86.3 cm³/mol. The Hall–Kier alpha value is -0.900. The Bertz CT molecular complexity index is 391. The number of piperazine rings is 1. The molecule has 112 valence electrons. The minimum atomic E-state index is 0.430. The summed E-state index contributed by atoms with van der Waals surface area (Å²) in [5, 5.41) is 3.47. The number of rotatable bonds is 5. The first kappa shape index (κ1) is 15.5. The molecule has 0 spiro atoms. The Morgan fingerprint density at radius 2 is 1.55 bits per heavy atom. The molecule has 3 nitrogen and oxygen atoms in total. The Morgan fingerprint density at radius 1 is 1.00 bits per heavy atom. The molecule has 3 heteroatoms. The summed E-state index contributed by atoms with van der Waals surface area (Å²) >= 11 is 0. The maximum absolute atomic E-state index is 3.47. The van der Waals surface area contributed by atoms with Gasteiger partial charge in [-0.2, -0.15) is 0 Å². The second-order valence-electron chi connectivity index (χ2n) is 6.27. The molecule has 1 heterocycles. The van der Waals surface area contributed by atoms with Crippen LogP contribution in [0.5, 0.6) is 0 Å². The highest BCUT2D eigenvalue weighted by atomic mass is 15.3. The van der Waals surface area contributed by atoms with Crippen molar-refractivity contribution in [1.29, 1.82) is 0 Å². The molecule has 20 heavy (non-hydrogen) atoms. The highest BCUT2D eigenvalue weighted by Crippen LogP contribution is 2.19. The third kappa shape index (κ3) is 4.05. The fourth-order valence-electron chi connectivity index (χ4n) is 2.77. The van der Waals surface area contributed by atoms with Crippen LogP contribution < -0.4 is 5.32 Å². The number of likely N-dealkylation sites (N-methyl/N-ethyl adjacent to an activating group) is 2. The lowest BCUT2D eigenvalue weighted by molar-refractivity contribution is 0.143. The lowest BCUT2D eigenvalue weighted by Crippen LogP contribution is -2.47. The molecule has 0 saturated carbocycles. The molecular weight excluding hydrogens is 246 g/mol. The molecule has 1 aromatic rings. The van der Waals surface area contributed by atoms with E-state index in [0.29, 0.717) is 12.0 Å². The number of hydrogen-bond donors (Lipinski definition) is 1. The van der Waals surface area contributed by atoms with E-state index in [1.54, 1.807) is 0 Å². The van der Waals surface area contributed by atoms with E-state index in [4.69, 9.17) is 0 Å². The van der Waals surface area contributed by atoms with E-state index in [1.807, 2.05) is 0 Å². The van der Waals surface area contributed by atoms with Gasteiger partial charge in [0.25, 0.3) is 0 Å². The molecule has 2 rings (SSSR count). The smallest absolute Gasteiger partial charge is 0.0446 e. The Labute approximate surface area is 124 Å². The maximum Gasteiger partial charge on any atom is 0.0446 e. The average Bonchev–Trinajstić information content (AvgIpc) is 2.47. The van der Waals surface area contributed by atoms with Gasteiger partial charge in [0.05, 0.1) is 0 Å². The second kappa shape index (κ2) is 7.21. The Balaban J connectivity index is 1.97. The molecule has 0 aliphatic carbocycles. The third-order valence-corrected chi connectivity index (χ3v) is 4.39. The zero-order valence-corrected chi connectivity index (χ0v) is 13.4. The van der Waals surface area contributed by atoms with E-state index in [2.05, 4.69) is 67.3 Å². The van der Waals surface area contributed by atoms with E-state index in [9.17, 15) is 0 Å². The predicted octanol–water partition coefficient (Wildman–Crippen LogP) is 2.32. The molecule has 0 bridgehead atoms. The van der Waals surface area contributed by atoms with Crippen LogP contribution in [0.3, 0.4) is 0 Å². The third-order valence-electron chi connectivity index (χ3n) is 4.39. The van der Waals surface area contributed by atoms with Gasteiger partial charge in [-0.3, -0.25) is 4.90 Å². The molecule has 1 aliphatic heterocycles. The lowest BCUT2D eigenvalue weighted by atomic mass is 9.99. The van der Waals surface area contributed by atoms with Crippen molar-refractivity contribution in [3.05, 3.63) is 35.4 Å². The Kier molecular flexibility index (Phi) is 5.58. The summed E-state index contributed by atoms with van der Waals surface area (Å²) in [4.78, 5) is 4.97. The molecule has 1 unspecified atom stereocenters. The van der Waals surface area contributed by atoms with Crippen LogP contribution in [-0.4, -0.2) is 56.6 Å². The van der Waals surface area contributed by atoms with Gasteiger partial charge in [0.15, 0.2) is 0 Å². The van der Waals surface area contributed by atoms with Crippen molar-refractivity contribution in [2.45, 2.75) is 25.8 Å². The van der Waals surface area contributed by atoms with Crippen LogP contribution in [0.25, 0.3) is 0 Å². The van der Waals surface area contributed by atoms with Gasteiger partial charge in [0.1, 0.15) is 0 Å². The normalized spacial score (nSPS) is 19.4. The van der Waals surface area contributed by atoms with Gasteiger partial charge in [0, 0.05) is 38.8 Å². The van der Waals surface area contributed by atoms with E-state index < -0.39 is 0 Å². The minimum absolute atomic E-state index is 0.430. The van der Waals surface area contributed by atoms with E-state index in [-0.39, 0.29) is 0 Å². The summed E-state index contributed by atoms with van der Waals surface area (Å²) in [5.41, 5.74) is 2.82. The lowest BCUT2D eigenvalue weighted by Gasteiger charge is -2.34. The highest BCUT2D eigenvalue weighted by molar-refractivity contribution is 5.27. The first-order valence-corrected chi connectivity index (χ1v) is 7.78. The molecule has 1 aromatic carbocycles. The average molecular weight is 275 g/mol. The van der Waals surface area contributed by atoms with Gasteiger partial charge in [-0.1, -0.05) is 38.1 Å². The van der Waals surface area contributed by atoms with Crippen molar-refractivity contribution in [2.24, 2.45) is 0 Å². The number of hydrogen-bond acceptors (Lipinski definition) is 3. The second-order valence-corrected chi connectivity index (χ2v) is 6.27. The Morgan fingerprint density at radius 3 is 2.05 bits per heavy atom. The van der Waals surface area contributed by atoms with Crippen LogP contribution in [0.4, 0.5) is 0 Å². The molecule has 1 saturated heterocycles. The number of benzene rings is 1. The standard InChI is InChI=1S/C17H29N3/c1-14(2)15-5-7-16(8-6-15)17(18-3)13-20-11-9-19(4)10-12-20/h5-8,14,17-18H,9-13H2,1-4H3. The quantitative estimate of drug-likeness (QED) is 0.890. The van der Waals surface area contributed by atoms with Crippen LogP contribution in [0, 0.1) is 0 Å². The van der Waals surface area contributed by atoms with Gasteiger partial charge >= 0.3 is 0 Å². The number of nitrogens with zero attached hydrogens (tertiary/aromatic N) is 2. The fourth-order valence-corrected chi connectivity index (χ4v) is 2.77. The molecule has 0 aromatic heterocycles. The van der Waals surface area contributed by atoms with Crippen molar-refractivity contribution in [1.82, 2.24) is 15.1 Å². The molecule has 1 N–H and O–H groups in total. The van der Waals surface area contributed by atoms with Crippen LogP contribution in [0.1, 0.15) is 36.9 Å². The molecule has 0 amide bonds. The van der Waals surface area contributed by atoms with Crippen molar-refractivity contribution < 1.29 is 0 Å². The van der Waals surface area contributed by atoms with Gasteiger partial charge in [-0.15, -0.1) is 0 Å². The SMILES string of the molecule is CNC(CN1CCN(C)CC1)c1ccc(C(C)C)cc1. The fraction of sp³-hybridized carbons (Fsp3) is 0.647. The maximum atomic E-state index is 3.47. The first-order chi connectivity index (χ1) is 9.60. The van der Waals surface area contributed by atoms with Crippen LogP contribution in [0.2, 0.25) is 0 Å². The summed E-state index contributed by atoms with van der Waals surface area (Å²) in [7, 11) is 4.27. The van der Waals surface area contributed by atoms with Gasteiger partial charge < -0.3 is 10.2 Å². The highest BCUT2D eigenvalue weighted by Gasteiger charge is 2.18.